The monoisotopic (exact) mass is 496 g/mol. The maximum atomic E-state index is 13.4. The lowest BCUT2D eigenvalue weighted by atomic mass is 9.74. The zero-order valence-electron chi connectivity index (χ0n) is 20.1. The molecule has 3 aromatic rings. The molecular weight excluding hydrogens is 464 g/mol. The Balaban J connectivity index is 1.43. The number of rotatable bonds is 6. The molecule has 2 aliphatic heterocycles. The fourth-order valence-electron chi connectivity index (χ4n) is 5.55. The highest BCUT2D eigenvalue weighted by atomic mass is 32.2. The van der Waals surface area contributed by atoms with E-state index >= 15 is 0 Å². The predicted molar refractivity (Wildman–Crippen MR) is 134 cm³/mol. The Morgan fingerprint density at radius 1 is 1.09 bits per heavy atom. The van der Waals surface area contributed by atoms with Crippen molar-refractivity contribution in [2.75, 3.05) is 33.4 Å². The number of para-hydroxylation sites is 1. The topological polar surface area (TPSA) is 87.9 Å². The number of ether oxygens (including phenoxy) is 1. The summed E-state index contributed by atoms with van der Waals surface area (Å²) in [6.07, 6.45) is 4.74. The van der Waals surface area contributed by atoms with Crippen molar-refractivity contribution < 1.29 is 18.3 Å². The molecule has 0 radical (unpaired) electrons. The van der Waals surface area contributed by atoms with Gasteiger partial charge in [-0.2, -0.15) is 4.31 Å². The van der Waals surface area contributed by atoms with E-state index in [1.807, 2.05) is 24.3 Å². The third kappa shape index (κ3) is 4.38. The Hall–Kier alpha value is -2.72. The average molecular weight is 497 g/mol. The van der Waals surface area contributed by atoms with Crippen molar-refractivity contribution in [3.63, 3.8) is 0 Å². The van der Waals surface area contributed by atoms with Gasteiger partial charge in [-0.15, -0.1) is 0 Å². The first-order valence-corrected chi connectivity index (χ1v) is 13.5. The molecule has 3 atom stereocenters. The van der Waals surface area contributed by atoms with E-state index in [0.717, 1.165) is 41.8 Å². The van der Waals surface area contributed by atoms with Gasteiger partial charge in [-0.25, -0.2) is 13.4 Å². The number of benzene rings is 2. The van der Waals surface area contributed by atoms with Crippen LogP contribution in [0.4, 0.5) is 0 Å². The third-order valence-electron chi connectivity index (χ3n) is 7.33. The second kappa shape index (κ2) is 9.73. The Labute approximate surface area is 206 Å². The molecule has 0 spiro atoms. The number of aryl methyl sites for hydroxylation is 1. The maximum Gasteiger partial charge on any atom is 0.262 e. The minimum atomic E-state index is -3.69. The van der Waals surface area contributed by atoms with Crippen molar-refractivity contribution in [3.05, 3.63) is 66.6 Å². The van der Waals surface area contributed by atoms with Gasteiger partial charge in [-0.3, -0.25) is 4.90 Å². The van der Waals surface area contributed by atoms with Gasteiger partial charge in [0.25, 0.3) is 10.0 Å². The fraction of sp³-hybridized carbons (Fsp3) is 0.423. The van der Waals surface area contributed by atoms with Gasteiger partial charge in [-0.05, 0) is 36.6 Å². The number of nitrogens with zero attached hydrogens (tertiary/aromatic N) is 4. The minimum absolute atomic E-state index is 0.00282. The van der Waals surface area contributed by atoms with Crippen LogP contribution >= 0.6 is 0 Å². The molecule has 1 aromatic heterocycles. The van der Waals surface area contributed by atoms with Crippen molar-refractivity contribution in [2.45, 2.75) is 35.9 Å². The number of imidazole rings is 1. The molecule has 8 nitrogen and oxygen atoms in total. The van der Waals surface area contributed by atoms with E-state index in [9.17, 15) is 13.5 Å². The first-order valence-electron chi connectivity index (χ1n) is 12.0. The predicted octanol–water partition coefficient (Wildman–Crippen LogP) is 2.71. The Morgan fingerprint density at radius 2 is 1.83 bits per heavy atom. The number of hydrogen-bond acceptors (Lipinski definition) is 6. The van der Waals surface area contributed by atoms with Gasteiger partial charge in [0, 0.05) is 49.9 Å². The quantitative estimate of drug-likeness (QED) is 0.565. The van der Waals surface area contributed by atoms with E-state index < -0.39 is 10.0 Å². The minimum Gasteiger partial charge on any atom is -0.496 e. The summed E-state index contributed by atoms with van der Waals surface area (Å²) >= 11 is 0. The molecule has 0 aliphatic carbocycles. The molecular formula is C26H32N4O4S. The first-order chi connectivity index (χ1) is 16.9. The van der Waals surface area contributed by atoms with Gasteiger partial charge in [0.05, 0.1) is 20.0 Å². The summed E-state index contributed by atoms with van der Waals surface area (Å²) in [7, 11) is -0.250. The summed E-state index contributed by atoms with van der Waals surface area (Å²) in [5.41, 5.74) is 3.19. The van der Waals surface area contributed by atoms with Crippen LogP contribution in [0, 0.1) is 0 Å². The average Bonchev–Trinajstić information content (AvgIpc) is 3.30. The zero-order valence-corrected chi connectivity index (χ0v) is 20.9. The van der Waals surface area contributed by atoms with Crippen LogP contribution in [0.2, 0.25) is 0 Å². The number of aromatic nitrogens is 2. The lowest BCUT2D eigenvalue weighted by molar-refractivity contribution is -0.0554. The first kappa shape index (κ1) is 24.0. The number of aliphatic hydroxyl groups is 1. The lowest BCUT2D eigenvalue weighted by Crippen LogP contribution is -2.67. The maximum absolute atomic E-state index is 13.4. The highest BCUT2D eigenvalue weighted by molar-refractivity contribution is 7.89. The van der Waals surface area contributed by atoms with Crippen molar-refractivity contribution >= 4 is 10.0 Å². The van der Waals surface area contributed by atoms with Crippen LogP contribution in [0.5, 0.6) is 5.75 Å². The summed E-state index contributed by atoms with van der Waals surface area (Å²) in [4.78, 5) is 6.39. The molecule has 186 valence electrons. The van der Waals surface area contributed by atoms with E-state index in [0.29, 0.717) is 13.1 Å². The molecule has 2 saturated heterocycles. The van der Waals surface area contributed by atoms with Crippen LogP contribution in [0.1, 0.15) is 24.3 Å². The van der Waals surface area contributed by atoms with Crippen LogP contribution in [0.15, 0.2) is 66.1 Å². The number of aliphatic hydroxyl groups excluding tert-OH is 1. The van der Waals surface area contributed by atoms with Gasteiger partial charge >= 0.3 is 0 Å². The second-order valence-corrected chi connectivity index (χ2v) is 11.2. The summed E-state index contributed by atoms with van der Waals surface area (Å²) in [6.45, 7) is 1.77. The molecule has 9 heteroatoms. The largest absolute Gasteiger partial charge is 0.496 e. The van der Waals surface area contributed by atoms with E-state index in [4.69, 9.17) is 4.74 Å². The van der Waals surface area contributed by atoms with Crippen molar-refractivity contribution in [2.24, 2.45) is 7.05 Å². The third-order valence-corrected chi connectivity index (χ3v) is 9.08. The molecule has 35 heavy (non-hydrogen) atoms. The summed E-state index contributed by atoms with van der Waals surface area (Å²) in [6, 6.07) is 16.3. The van der Waals surface area contributed by atoms with E-state index in [-0.39, 0.29) is 29.6 Å². The van der Waals surface area contributed by atoms with E-state index in [2.05, 4.69) is 34.1 Å². The normalized spacial score (nSPS) is 23.7. The molecule has 0 saturated carbocycles. The molecule has 3 heterocycles. The van der Waals surface area contributed by atoms with Gasteiger partial charge in [-0.1, -0.05) is 42.5 Å². The molecule has 1 N–H and O–H groups in total. The van der Waals surface area contributed by atoms with Gasteiger partial charge in [0.15, 0.2) is 5.03 Å². The van der Waals surface area contributed by atoms with Crippen molar-refractivity contribution in [1.82, 2.24) is 18.8 Å². The van der Waals surface area contributed by atoms with Crippen molar-refractivity contribution in [1.29, 1.82) is 0 Å². The summed E-state index contributed by atoms with van der Waals surface area (Å²) in [5.74, 6) is 0.866. The molecule has 0 bridgehead atoms. The molecule has 5 rings (SSSR count). The fourth-order valence-corrected chi connectivity index (χ4v) is 7.01. The number of methoxy groups -OCH3 is 1. The SMILES string of the molecule is COc1ccccc1-c1ccc([C@@H]2[C@H](CO)N3CCCCN(S(=O)(=O)c4cn(C)cn4)C[C@@H]23)cc1. The Bertz CT molecular complexity index is 1270. The number of hydrogen-bond donors (Lipinski definition) is 1. The van der Waals surface area contributed by atoms with Crippen LogP contribution in [0.25, 0.3) is 11.1 Å². The number of fused-ring (bicyclic) bond motifs is 1. The Morgan fingerprint density at radius 3 is 2.51 bits per heavy atom. The molecule has 2 aliphatic rings. The van der Waals surface area contributed by atoms with Crippen molar-refractivity contribution in [3.8, 4) is 16.9 Å². The smallest absolute Gasteiger partial charge is 0.262 e. The standard InChI is InChI=1S/C26H32N4O4S/c1-28-16-25(27-18-28)35(32,33)29-13-5-6-14-30-22(15-29)26(23(30)17-31)20-11-9-19(10-12-20)21-7-3-4-8-24(21)34-2/h3-4,7-12,16,18,22-23,26,31H,5-6,13-15,17H2,1-2H3/t22-,23-,26-/m0/s1. The summed E-state index contributed by atoms with van der Waals surface area (Å²) < 4.78 is 35.5. The second-order valence-electron chi connectivity index (χ2n) is 9.35. The molecule has 2 aromatic carbocycles. The number of sulfonamides is 1. The van der Waals surface area contributed by atoms with E-state index in [1.54, 1.807) is 29.2 Å². The van der Waals surface area contributed by atoms with Crippen LogP contribution < -0.4 is 4.74 Å². The highest BCUT2D eigenvalue weighted by Gasteiger charge is 2.50. The zero-order chi connectivity index (χ0) is 24.6. The molecule has 2 fully saturated rings. The summed E-state index contributed by atoms with van der Waals surface area (Å²) in [5, 5.41) is 10.3. The molecule has 0 unspecified atom stereocenters. The van der Waals surface area contributed by atoms with E-state index in [1.165, 1.54) is 6.33 Å². The lowest BCUT2D eigenvalue weighted by Gasteiger charge is -2.57. The highest BCUT2D eigenvalue weighted by Crippen LogP contribution is 2.43. The van der Waals surface area contributed by atoms with Gasteiger partial charge in [0.1, 0.15) is 5.75 Å². The Kier molecular flexibility index (Phi) is 6.67. The van der Waals surface area contributed by atoms with Crippen LogP contribution in [-0.2, 0) is 17.1 Å². The van der Waals surface area contributed by atoms with Gasteiger partial charge < -0.3 is 14.4 Å². The van der Waals surface area contributed by atoms with Gasteiger partial charge in [0.2, 0.25) is 0 Å². The van der Waals surface area contributed by atoms with Crippen LogP contribution in [0.3, 0.4) is 0 Å². The van der Waals surface area contributed by atoms with Crippen LogP contribution in [-0.4, -0.2) is 77.7 Å². The molecule has 0 amide bonds.